The minimum absolute atomic E-state index is 0.0312. The first-order valence-electron chi connectivity index (χ1n) is 5.14. The van der Waals surface area contributed by atoms with E-state index in [9.17, 15) is 0 Å². The molecule has 0 heterocycles. The van der Waals surface area contributed by atoms with E-state index in [0.717, 1.165) is 25.9 Å². The average molecular weight is 171 g/mol. The summed E-state index contributed by atoms with van der Waals surface area (Å²) in [5.41, 5.74) is 6.11. The van der Waals surface area contributed by atoms with Crippen molar-refractivity contribution in [3.63, 3.8) is 0 Å². The SMILES string of the molecule is CCOC1([C@@H](N)CC)CCCC1. The molecule has 1 atom stereocenters. The summed E-state index contributed by atoms with van der Waals surface area (Å²) in [7, 11) is 0. The molecule has 1 fully saturated rings. The zero-order chi connectivity index (χ0) is 9.03. The predicted octanol–water partition coefficient (Wildman–Crippen LogP) is 2.07. The van der Waals surface area contributed by atoms with Crippen molar-refractivity contribution in [3.8, 4) is 0 Å². The van der Waals surface area contributed by atoms with Crippen LogP contribution in [0, 0.1) is 0 Å². The second-order valence-corrected chi connectivity index (χ2v) is 3.72. The summed E-state index contributed by atoms with van der Waals surface area (Å²) in [6.07, 6.45) is 5.92. The van der Waals surface area contributed by atoms with Crippen LogP contribution in [-0.2, 0) is 4.74 Å². The van der Waals surface area contributed by atoms with E-state index in [1.807, 2.05) is 0 Å². The Morgan fingerprint density at radius 1 is 1.33 bits per heavy atom. The number of nitrogens with two attached hydrogens (primary N) is 1. The third-order valence-electron chi connectivity index (χ3n) is 3.00. The van der Waals surface area contributed by atoms with Crippen molar-refractivity contribution in [2.75, 3.05) is 6.61 Å². The van der Waals surface area contributed by atoms with Crippen LogP contribution in [0.5, 0.6) is 0 Å². The van der Waals surface area contributed by atoms with E-state index < -0.39 is 0 Å². The molecule has 1 saturated carbocycles. The van der Waals surface area contributed by atoms with Crippen molar-refractivity contribution >= 4 is 0 Å². The zero-order valence-corrected chi connectivity index (χ0v) is 8.31. The maximum absolute atomic E-state index is 6.07. The minimum Gasteiger partial charge on any atom is -0.374 e. The molecule has 0 radical (unpaired) electrons. The number of hydrogen-bond acceptors (Lipinski definition) is 2. The van der Waals surface area contributed by atoms with E-state index >= 15 is 0 Å². The van der Waals surface area contributed by atoms with Gasteiger partial charge in [-0.25, -0.2) is 0 Å². The highest BCUT2D eigenvalue weighted by Gasteiger charge is 2.39. The Labute approximate surface area is 75.5 Å². The van der Waals surface area contributed by atoms with Crippen LogP contribution in [0.2, 0.25) is 0 Å². The summed E-state index contributed by atoms with van der Waals surface area (Å²) in [5, 5.41) is 0. The Bertz CT molecular complexity index is 130. The van der Waals surface area contributed by atoms with Gasteiger partial charge in [-0.2, -0.15) is 0 Å². The molecule has 0 unspecified atom stereocenters. The molecule has 1 aliphatic carbocycles. The lowest BCUT2D eigenvalue weighted by Crippen LogP contribution is -2.47. The van der Waals surface area contributed by atoms with E-state index in [1.54, 1.807) is 0 Å². The Balaban J connectivity index is 2.57. The van der Waals surface area contributed by atoms with Gasteiger partial charge in [-0.3, -0.25) is 0 Å². The lowest BCUT2D eigenvalue weighted by Gasteiger charge is -2.34. The second-order valence-electron chi connectivity index (χ2n) is 3.72. The van der Waals surface area contributed by atoms with E-state index in [0.29, 0.717) is 0 Å². The van der Waals surface area contributed by atoms with Gasteiger partial charge in [-0.15, -0.1) is 0 Å². The molecule has 0 amide bonds. The molecular weight excluding hydrogens is 150 g/mol. The van der Waals surface area contributed by atoms with Crippen molar-refractivity contribution < 1.29 is 4.74 Å². The van der Waals surface area contributed by atoms with Gasteiger partial charge in [-0.05, 0) is 26.2 Å². The normalized spacial score (nSPS) is 24.2. The fourth-order valence-electron chi connectivity index (χ4n) is 2.26. The monoisotopic (exact) mass is 171 g/mol. The molecular formula is C10H21NO. The van der Waals surface area contributed by atoms with E-state index in [1.165, 1.54) is 12.8 Å². The largest absolute Gasteiger partial charge is 0.374 e. The standard InChI is InChI=1S/C10H21NO/c1-3-9(11)10(12-4-2)7-5-6-8-10/h9H,3-8,11H2,1-2H3/t9-/m0/s1. The third kappa shape index (κ3) is 1.80. The fourth-order valence-corrected chi connectivity index (χ4v) is 2.26. The molecule has 0 aromatic carbocycles. The van der Waals surface area contributed by atoms with Crippen LogP contribution in [0.25, 0.3) is 0 Å². The summed E-state index contributed by atoms with van der Waals surface area (Å²) in [6, 6.07) is 0.236. The number of ether oxygens (including phenoxy) is 1. The maximum Gasteiger partial charge on any atom is 0.0832 e. The van der Waals surface area contributed by atoms with Gasteiger partial charge in [0.1, 0.15) is 0 Å². The zero-order valence-electron chi connectivity index (χ0n) is 8.31. The predicted molar refractivity (Wildman–Crippen MR) is 51.1 cm³/mol. The molecule has 0 aliphatic heterocycles. The summed E-state index contributed by atoms with van der Waals surface area (Å²) in [6.45, 7) is 5.00. The molecule has 2 nitrogen and oxygen atoms in total. The van der Waals surface area contributed by atoms with Crippen LogP contribution in [-0.4, -0.2) is 18.2 Å². The molecule has 2 heteroatoms. The molecule has 0 aromatic rings. The van der Waals surface area contributed by atoms with Crippen LogP contribution in [0.4, 0.5) is 0 Å². The first-order valence-corrected chi connectivity index (χ1v) is 5.14. The van der Waals surface area contributed by atoms with Gasteiger partial charge in [0.25, 0.3) is 0 Å². The molecule has 12 heavy (non-hydrogen) atoms. The molecule has 72 valence electrons. The van der Waals surface area contributed by atoms with Crippen molar-refractivity contribution in [2.24, 2.45) is 5.73 Å². The van der Waals surface area contributed by atoms with E-state index in [-0.39, 0.29) is 11.6 Å². The minimum atomic E-state index is 0.0312. The van der Waals surface area contributed by atoms with Crippen molar-refractivity contribution in [3.05, 3.63) is 0 Å². The highest BCUT2D eigenvalue weighted by Crippen LogP contribution is 2.36. The Kier molecular flexibility index (Phi) is 3.53. The molecule has 0 bridgehead atoms. The quantitative estimate of drug-likeness (QED) is 0.702. The number of hydrogen-bond donors (Lipinski definition) is 1. The first kappa shape index (κ1) is 10.0. The maximum atomic E-state index is 6.07. The van der Waals surface area contributed by atoms with Crippen LogP contribution in [0.15, 0.2) is 0 Å². The van der Waals surface area contributed by atoms with Gasteiger partial charge < -0.3 is 10.5 Å². The van der Waals surface area contributed by atoms with Gasteiger partial charge in [0.2, 0.25) is 0 Å². The van der Waals surface area contributed by atoms with Gasteiger partial charge >= 0.3 is 0 Å². The fraction of sp³-hybridized carbons (Fsp3) is 1.00. The van der Waals surface area contributed by atoms with Crippen molar-refractivity contribution in [1.29, 1.82) is 0 Å². The van der Waals surface area contributed by atoms with Crippen LogP contribution >= 0.6 is 0 Å². The highest BCUT2D eigenvalue weighted by atomic mass is 16.5. The average Bonchev–Trinajstić information content (AvgIpc) is 2.53. The molecule has 2 N–H and O–H groups in total. The first-order chi connectivity index (χ1) is 5.75. The van der Waals surface area contributed by atoms with Crippen molar-refractivity contribution in [2.45, 2.75) is 57.6 Å². The van der Waals surface area contributed by atoms with Gasteiger partial charge in [0.15, 0.2) is 0 Å². The second kappa shape index (κ2) is 4.24. The third-order valence-corrected chi connectivity index (χ3v) is 3.00. The lowest BCUT2D eigenvalue weighted by molar-refractivity contribution is -0.0532. The van der Waals surface area contributed by atoms with E-state index in [2.05, 4.69) is 13.8 Å². The molecule has 1 aliphatic rings. The smallest absolute Gasteiger partial charge is 0.0832 e. The number of rotatable bonds is 4. The molecule has 0 spiro atoms. The van der Waals surface area contributed by atoms with Crippen LogP contribution in [0.1, 0.15) is 46.0 Å². The van der Waals surface area contributed by atoms with Crippen molar-refractivity contribution in [1.82, 2.24) is 0 Å². The lowest BCUT2D eigenvalue weighted by atomic mass is 9.91. The molecule has 0 aromatic heterocycles. The summed E-state index contributed by atoms with van der Waals surface area (Å²) >= 11 is 0. The highest BCUT2D eigenvalue weighted by molar-refractivity contribution is 4.94. The topological polar surface area (TPSA) is 35.2 Å². The molecule has 0 saturated heterocycles. The van der Waals surface area contributed by atoms with Crippen LogP contribution < -0.4 is 5.73 Å². The summed E-state index contributed by atoms with van der Waals surface area (Å²) in [5.74, 6) is 0. The van der Waals surface area contributed by atoms with Gasteiger partial charge in [-0.1, -0.05) is 19.8 Å². The Morgan fingerprint density at radius 3 is 2.33 bits per heavy atom. The summed E-state index contributed by atoms with van der Waals surface area (Å²) < 4.78 is 5.82. The van der Waals surface area contributed by atoms with E-state index in [4.69, 9.17) is 10.5 Å². The van der Waals surface area contributed by atoms with Gasteiger partial charge in [0.05, 0.1) is 5.60 Å². The van der Waals surface area contributed by atoms with Gasteiger partial charge in [0, 0.05) is 12.6 Å². The summed E-state index contributed by atoms with van der Waals surface area (Å²) in [4.78, 5) is 0. The van der Waals surface area contributed by atoms with Crippen LogP contribution in [0.3, 0.4) is 0 Å². The Hall–Kier alpha value is -0.0800. The molecule has 1 rings (SSSR count). The Morgan fingerprint density at radius 2 is 1.92 bits per heavy atom.